The van der Waals surface area contributed by atoms with Crippen LogP contribution in [0.25, 0.3) is 0 Å². The minimum absolute atomic E-state index is 0.0157. The quantitative estimate of drug-likeness (QED) is 0.839. The summed E-state index contributed by atoms with van der Waals surface area (Å²) in [5, 5.41) is 5.74. The zero-order chi connectivity index (χ0) is 13.1. The molecule has 1 heterocycles. The molecule has 0 aliphatic rings. The van der Waals surface area contributed by atoms with E-state index >= 15 is 0 Å². The SMILES string of the molecule is Cc1nc(CCNc2c(N)ccc(F)c2F)cs1. The molecule has 6 heteroatoms. The van der Waals surface area contributed by atoms with Crippen LogP contribution in [0.3, 0.4) is 0 Å². The second kappa shape index (κ2) is 5.30. The number of hydrogen-bond donors (Lipinski definition) is 2. The Kier molecular flexibility index (Phi) is 3.76. The second-order valence-corrected chi connectivity index (χ2v) is 4.92. The lowest BCUT2D eigenvalue weighted by atomic mass is 10.2. The zero-order valence-electron chi connectivity index (χ0n) is 9.84. The molecule has 0 aliphatic heterocycles. The van der Waals surface area contributed by atoms with Gasteiger partial charge in [0.15, 0.2) is 11.6 Å². The Morgan fingerprint density at radius 1 is 1.39 bits per heavy atom. The van der Waals surface area contributed by atoms with Crippen molar-refractivity contribution in [3.63, 3.8) is 0 Å². The summed E-state index contributed by atoms with van der Waals surface area (Å²) in [6, 6.07) is 2.35. The van der Waals surface area contributed by atoms with E-state index in [1.807, 2.05) is 12.3 Å². The van der Waals surface area contributed by atoms with E-state index < -0.39 is 11.6 Å². The van der Waals surface area contributed by atoms with Gasteiger partial charge in [0.25, 0.3) is 0 Å². The molecule has 96 valence electrons. The summed E-state index contributed by atoms with van der Waals surface area (Å²) in [7, 11) is 0. The number of hydrogen-bond acceptors (Lipinski definition) is 4. The first-order valence-corrected chi connectivity index (χ1v) is 6.34. The first kappa shape index (κ1) is 12.8. The van der Waals surface area contributed by atoms with Crippen LogP contribution in [0, 0.1) is 18.6 Å². The number of nitrogens with zero attached hydrogens (tertiary/aromatic N) is 1. The summed E-state index contributed by atoms with van der Waals surface area (Å²) in [6.45, 7) is 2.37. The average molecular weight is 269 g/mol. The van der Waals surface area contributed by atoms with Gasteiger partial charge in [-0.1, -0.05) is 0 Å². The van der Waals surface area contributed by atoms with E-state index in [9.17, 15) is 8.78 Å². The molecule has 18 heavy (non-hydrogen) atoms. The van der Waals surface area contributed by atoms with Gasteiger partial charge in [0.1, 0.15) is 0 Å². The number of thiazole rings is 1. The van der Waals surface area contributed by atoms with Gasteiger partial charge in [0.05, 0.1) is 22.1 Å². The summed E-state index contributed by atoms with van der Waals surface area (Å²) in [6.07, 6.45) is 0.639. The Bertz CT molecular complexity index is 554. The van der Waals surface area contributed by atoms with Crippen molar-refractivity contribution < 1.29 is 8.78 Å². The Morgan fingerprint density at radius 2 is 2.17 bits per heavy atom. The standard InChI is InChI=1S/C12H13F2N3S/c1-7-17-8(6-18-7)4-5-16-12-10(15)3-2-9(13)11(12)14/h2-3,6,16H,4-5,15H2,1H3. The molecule has 0 radical (unpaired) electrons. The molecule has 1 aromatic heterocycles. The van der Waals surface area contributed by atoms with Crippen molar-refractivity contribution in [1.29, 1.82) is 0 Å². The fraction of sp³-hybridized carbons (Fsp3) is 0.250. The van der Waals surface area contributed by atoms with Gasteiger partial charge in [-0.05, 0) is 19.1 Å². The number of nitrogen functional groups attached to an aromatic ring is 1. The van der Waals surface area contributed by atoms with E-state index in [1.165, 1.54) is 6.07 Å². The van der Waals surface area contributed by atoms with Crippen molar-refractivity contribution >= 4 is 22.7 Å². The molecule has 0 unspecified atom stereocenters. The van der Waals surface area contributed by atoms with E-state index in [0.29, 0.717) is 13.0 Å². The Morgan fingerprint density at radius 3 is 2.83 bits per heavy atom. The minimum Gasteiger partial charge on any atom is -0.397 e. The third kappa shape index (κ3) is 2.76. The average Bonchev–Trinajstić information content (AvgIpc) is 2.74. The normalized spacial score (nSPS) is 10.6. The molecule has 0 saturated carbocycles. The van der Waals surface area contributed by atoms with Crippen LogP contribution < -0.4 is 11.1 Å². The summed E-state index contributed by atoms with van der Waals surface area (Å²) >= 11 is 1.56. The summed E-state index contributed by atoms with van der Waals surface area (Å²) in [5.41, 5.74) is 6.74. The van der Waals surface area contributed by atoms with Crippen LogP contribution in [0.1, 0.15) is 10.7 Å². The molecular formula is C12H13F2N3S. The lowest BCUT2D eigenvalue weighted by Gasteiger charge is -2.10. The predicted octanol–water partition coefficient (Wildman–Crippen LogP) is 2.97. The minimum atomic E-state index is -0.940. The van der Waals surface area contributed by atoms with Gasteiger partial charge < -0.3 is 11.1 Å². The molecule has 3 nitrogen and oxygen atoms in total. The maximum Gasteiger partial charge on any atom is 0.183 e. The van der Waals surface area contributed by atoms with Crippen molar-refractivity contribution in [2.45, 2.75) is 13.3 Å². The fourth-order valence-electron chi connectivity index (χ4n) is 1.58. The molecule has 0 atom stereocenters. The molecule has 0 amide bonds. The van der Waals surface area contributed by atoms with Gasteiger partial charge in [-0.15, -0.1) is 11.3 Å². The second-order valence-electron chi connectivity index (χ2n) is 3.86. The van der Waals surface area contributed by atoms with E-state index in [0.717, 1.165) is 16.8 Å². The van der Waals surface area contributed by atoms with Crippen LogP contribution in [0.5, 0.6) is 0 Å². The highest BCUT2D eigenvalue weighted by molar-refractivity contribution is 7.09. The molecule has 0 spiro atoms. The van der Waals surface area contributed by atoms with Crippen molar-refractivity contribution in [3.05, 3.63) is 39.8 Å². The molecular weight excluding hydrogens is 256 g/mol. The van der Waals surface area contributed by atoms with E-state index in [2.05, 4.69) is 10.3 Å². The molecule has 2 aromatic rings. The van der Waals surface area contributed by atoms with E-state index in [1.54, 1.807) is 11.3 Å². The van der Waals surface area contributed by atoms with Crippen LogP contribution in [-0.4, -0.2) is 11.5 Å². The fourth-order valence-corrected chi connectivity index (χ4v) is 2.23. The highest BCUT2D eigenvalue weighted by Gasteiger charge is 2.11. The van der Waals surface area contributed by atoms with Crippen LogP contribution in [0.15, 0.2) is 17.5 Å². The predicted molar refractivity (Wildman–Crippen MR) is 69.8 cm³/mol. The van der Waals surface area contributed by atoms with Gasteiger partial charge in [0, 0.05) is 18.3 Å². The molecule has 0 bridgehead atoms. The van der Waals surface area contributed by atoms with Crippen molar-refractivity contribution in [3.8, 4) is 0 Å². The number of nitrogens with one attached hydrogen (secondary N) is 1. The van der Waals surface area contributed by atoms with Crippen LogP contribution in [0.4, 0.5) is 20.2 Å². The van der Waals surface area contributed by atoms with Crippen molar-refractivity contribution in [2.24, 2.45) is 0 Å². The third-order valence-corrected chi connectivity index (χ3v) is 3.30. The zero-order valence-corrected chi connectivity index (χ0v) is 10.7. The third-order valence-electron chi connectivity index (χ3n) is 2.48. The molecule has 3 N–H and O–H groups in total. The van der Waals surface area contributed by atoms with Crippen LogP contribution >= 0.6 is 11.3 Å². The number of nitrogens with two attached hydrogens (primary N) is 1. The number of halogens is 2. The molecule has 1 aromatic carbocycles. The van der Waals surface area contributed by atoms with Crippen molar-refractivity contribution in [1.82, 2.24) is 4.98 Å². The summed E-state index contributed by atoms with van der Waals surface area (Å²) < 4.78 is 26.5. The highest BCUT2D eigenvalue weighted by atomic mass is 32.1. The number of aromatic nitrogens is 1. The maximum atomic E-state index is 13.5. The van der Waals surface area contributed by atoms with E-state index in [4.69, 9.17) is 5.73 Å². The smallest absolute Gasteiger partial charge is 0.183 e. The largest absolute Gasteiger partial charge is 0.397 e. The van der Waals surface area contributed by atoms with Crippen molar-refractivity contribution in [2.75, 3.05) is 17.6 Å². The number of aryl methyl sites for hydroxylation is 1. The highest BCUT2D eigenvalue weighted by Crippen LogP contribution is 2.24. The van der Waals surface area contributed by atoms with Gasteiger partial charge >= 0.3 is 0 Å². The molecule has 0 fully saturated rings. The topological polar surface area (TPSA) is 50.9 Å². The monoisotopic (exact) mass is 269 g/mol. The molecule has 0 aliphatic carbocycles. The lowest BCUT2D eigenvalue weighted by molar-refractivity contribution is 0.511. The van der Waals surface area contributed by atoms with Gasteiger partial charge in [0.2, 0.25) is 0 Å². The molecule has 0 saturated heterocycles. The first-order valence-electron chi connectivity index (χ1n) is 5.46. The van der Waals surface area contributed by atoms with Gasteiger partial charge in [-0.25, -0.2) is 13.8 Å². The maximum absolute atomic E-state index is 13.5. The molecule has 2 rings (SSSR count). The van der Waals surface area contributed by atoms with Gasteiger partial charge in [-0.3, -0.25) is 0 Å². The number of rotatable bonds is 4. The first-order chi connectivity index (χ1) is 8.58. The number of benzene rings is 1. The van der Waals surface area contributed by atoms with Crippen LogP contribution in [0.2, 0.25) is 0 Å². The Hall–Kier alpha value is -1.69. The van der Waals surface area contributed by atoms with E-state index in [-0.39, 0.29) is 11.4 Å². The summed E-state index contributed by atoms with van der Waals surface area (Å²) in [4.78, 5) is 4.28. The van der Waals surface area contributed by atoms with Gasteiger partial charge in [-0.2, -0.15) is 0 Å². The lowest BCUT2D eigenvalue weighted by Crippen LogP contribution is -2.09. The van der Waals surface area contributed by atoms with Crippen LogP contribution in [-0.2, 0) is 6.42 Å². The number of anilines is 2. The summed E-state index contributed by atoms with van der Waals surface area (Å²) in [5.74, 6) is -1.85. The Labute approximate surface area is 108 Å². The Balaban J connectivity index is 2.00.